The van der Waals surface area contributed by atoms with Crippen LogP contribution in [0.2, 0.25) is 0 Å². The molecule has 5 nitrogen and oxygen atoms in total. The Kier molecular flexibility index (Phi) is 3.20. The van der Waals surface area contributed by atoms with Gasteiger partial charge >= 0.3 is 0 Å². The highest BCUT2D eigenvalue weighted by atomic mass is 16.2. The summed E-state index contributed by atoms with van der Waals surface area (Å²) in [6, 6.07) is 3.20. The van der Waals surface area contributed by atoms with Crippen LogP contribution >= 0.6 is 0 Å². The monoisotopic (exact) mass is 273 g/mol. The third-order valence-corrected chi connectivity index (χ3v) is 4.37. The Morgan fingerprint density at radius 3 is 2.75 bits per heavy atom. The molecule has 1 atom stereocenters. The van der Waals surface area contributed by atoms with Gasteiger partial charge in [0, 0.05) is 6.20 Å². The van der Waals surface area contributed by atoms with Gasteiger partial charge in [0.05, 0.1) is 11.9 Å². The molecule has 1 saturated heterocycles. The number of amides is 2. The van der Waals surface area contributed by atoms with E-state index in [4.69, 9.17) is 0 Å². The summed E-state index contributed by atoms with van der Waals surface area (Å²) >= 11 is 0. The Bertz CT molecular complexity index is 523. The third-order valence-electron chi connectivity index (χ3n) is 4.37. The number of carbonyl (C=O) groups excluding carboxylic acids is 2. The lowest BCUT2D eigenvalue weighted by molar-refractivity contribution is -0.138. The van der Waals surface area contributed by atoms with Gasteiger partial charge in [-0.1, -0.05) is 19.8 Å². The molecule has 1 aromatic rings. The van der Waals surface area contributed by atoms with Gasteiger partial charge in [-0.3, -0.25) is 19.5 Å². The number of nitrogens with zero attached hydrogens (tertiary/aromatic N) is 2. The van der Waals surface area contributed by atoms with E-state index in [1.165, 1.54) is 0 Å². The molecule has 20 heavy (non-hydrogen) atoms. The standard InChI is InChI=1S/C15H19N3O2/c1-2-12-13(19)17-15(7-3-4-8-15)14(20)18(12)11-6-5-9-16-10-11/h5-6,9-10,12H,2-4,7-8H2,1H3,(H,17,19). The van der Waals surface area contributed by atoms with Crippen molar-refractivity contribution in [1.82, 2.24) is 10.3 Å². The van der Waals surface area contributed by atoms with Gasteiger partial charge in [-0.25, -0.2) is 0 Å². The third kappa shape index (κ3) is 1.88. The van der Waals surface area contributed by atoms with Gasteiger partial charge in [-0.15, -0.1) is 0 Å². The van der Waals surface area contributed by atoms with Crippen LogP contribution in [0, 0.1) is 0 Å². The van der Waals surface area contributed by atoms with Crippen LogP contribution in [0.25, 0.3) is 0 Å². The number of nitrogens with one attached hydrogen (secondary N) is 1. The molecule has 0 radical (unpaired) electrons. The maximum Gasteiger partial charge on any atom is 0.253 e. The topological polar surface area (TPSA) is 62.3 Å². The van der Waals surface area contributed by atoms with Crippen molar-refractivity contribution >= 4 is 17.5 Å². The van der Waals surface area contributed by atoms with E-state index in [2.05, 4.69) is 10.3 Å². The number of anilines is 1. The predicted octanol–water partition coefficient (Wildman–Crippen LogP) is 1.64. The quantitative estimate of drug-likeness (QED) is 0.891. The van der Waals surface area contributed by atoms with E-state index < -0.39 is 11.6 Å². The lowest BCUT2D eigenvalue weighted by Crippen LogP contribution is -2.69. The fourth-order valence-electron chi connectivity index (χ4n) is 3.34. The van der Waals surface area contributed by atoms with Crippen LogP contribution in [0.5, 0.6) is 0 Å². The van der Waals surface area contributed by atoms with Gasteiger partial charge < -0.3 is 5.32 Å². The first-order valence-corrected chi connectivity index (χ1v) is 7.24. The normalized spacial score (nSPS) is 25.1. The second-order valence-electron chi connectivity index (χ2n) is 5.59. The fourth-order valence-corrected chi connectivity index (χ4v) is 3.34. The van der Waals surface area contributed by atoms with E-state index in [0.717, 1.165) is 25.7 Å². The molecule has 3 rings (SSSR count). The highest BCUT2D eigenvalue weighted by Gasteiger charge is 2.52. The first-order chi connectivity index (χ1) is 9.68. The van der Waals surface area contributed by atoms with Gasteiger partial charge in [-0.2, -0.15) is 0 Å². The highest BCUT2D eigenvalue weighted by Crippen LogP contribution is 2.36. The minimum absolute atomic E-state index is 0.0226. The summed E-state index contributed by atoms with van der Waals surface area (Å²) in [5.41, 5.74) is 0.0315. The Balaban J connectivity index is 2.03. The molecule has 1 aliphatic heterocycles. The molecule has 1 unspecified atom stereocenters. The summed E-state index contributed by atoms with van der Waals surface area (Å²) in [6.45, 7) is 1.92. The largest absolute Gasteiger partial charge is 0.340 e. The zero-order chi connectivity index (χ0) is 14.2. The summed E-state index contributed by atoms with van der Waals surface area (Å²) in [4.78, 5) is 31.1. The number of hydrogen-bond acceptors (Lipinski definition) is 3. The van der Waals surface area contributed by atoms with Gasteiger partial charge in [0.2, 0.25) is 5.91 Å². The van der Waals surface area contributed by atoms with Gasteiger partial charge in [0.15, 0.2) is 0 Å². The van der Waals surface area contributed by atoms with Crippen molar-refractivity contribution < 1.29 is 9.59 Å². The zero-order valence-corrected chi connectivity index (χ0v) is 11.6. The van der Waals surface area contributed by atoms with Crippen molar-refractivity contribution in [3.8, 4) is 0 Å². The summed E-state index contributed by atoms with van der Waals surface area (Å²) in [5.74, 6) is -0.0210. The van der Waals surface area contributed by atoms with Crippen LogP contribution in [0.4, 0.5) is 5.69 Å². The maximum absolute atomic E-state index is 12.9. The number of piperazine rings is 1. The number of pyridine rings is 1. The predicted molar refractivity (Wildman–Crippen MR) is 75.1 cm³/mol. The van der Waals surface area contributed by atoms with Crippen LogP contribution in [0.15, 0.2) is 24.5 Å². The van der Waals surface area contributed by atoms with Crippen LogP contribution in [0.1, 0.15) is 39.0 Å². The maximum atomic E-state index is 12.9. The Morgan fingerprint density at radius 2 is 2.15 bits per heavy atom. The molecule has 1 aromatic heterocycles. The van der Waals surface area contributed by atoms with E-state index in [-0.39, 0.29) is 11.8 Å². The van der Waals surface area contributed by atoms with Gasteiger partial charge in [-0.05, 0) is 31.4 Å². The first kappa shape index (κ1) is 13.1. The van der Waals surface area contributed by atoms with Crippen molar-refractivity contribution in [2.75, 3.05) is 4.90 Å². The molecule has 1 saturated carbocycles. The molecule has 2 amide bonds. The molecule has 1 spiro atoms. The van der Waals surface area contributed by atoms with Crippen molar-refractivity contribution in [2.24, 2.45) is 0 Å². The fraction of sp³-hybridized carbons (Fsp3) is 0.533. The average Bonchev–Trinajstić information content (AvgIpc) is 2.93. The van der Waals surface area contributed by atoms with Crippen LogP contribution in [0.3, 0.4) is 0 Å². The molecular formula is C15H19N3O2. The molecule has 0 bridgehead atoms. The molecule has 1 N–H and O–H groups in total. The van der Waals surface area contributed by atoms with Gasteiger partial charge in [0.1, 0.15) is 11.6 Å². The molecule has 5 heteroatoms. The minimum Gasteiger partial charge on any atom is -0.340 e. The van der Waals surface area contributed by atoms with Crippen LogP contribution in [-0.4, -0.2) is 28.4 Å². The second kappa shape index (κ2) is 4.89. The highest BCUT2D eigenvalue weighted by molar-refractivity contribution is 6.10. The summed E-state index contributed by atoms with van der Waals surface area (Å²) < 4.78 is 0. The molecule has 0 aromatic carbocycles. The molecule has 2 aliphatic rings. The van der Waals surface area contributed by atoms with Crippen molar-refractivity contribution in [1.29, 1.82) is 0 Å². The number of carbonyl (C=O) groups is 2. The van der Waals surface area contributed by atoms with Crippen LogP contribution in [-0.2, 0) is 9.59 Å². The zero-order valence-electron chi connectivity index (χ0n) is 11.6. The minimum atomic E-state index is -0.682. The van der Waals surface area contributed by atoms with Crippen molar-refractivity contribution in [3.05, 3.63) is 24.5 Å². The van der Waals surface area contributed by atoms with Gasteiger partial charge in [0.25, 0.3) is 5.91 Å². The Labute approximate surface area is 118 Å². The van der Waals surface area contributed by atoms with Crippen molar-refractivity contribution in [2.45, 2.75) is 50.6 Å². The summed E-state index contributed by atoms with van der Waals surface area (Å²) in [5, 5.41) is 2.99. The number of rotatable bonds is 2. The SMILES string of the molecule is CCC1C(=O)NC2(CCCC2)C(=O)N1c1cccnc1. The smallest absolute Gasteiger partial charge is 0.253 e. The number of hydrogen-bond donors (Lipinski definition) is 1. The lowest BCUT2D eigenvalue weighted by atomic mass is 9.89. The van der Waals surface area contributed by atoms with E-state index in [0.29, 0.717) is 12.1 Å². The summed E-state index contributed by atoms with van der Waals surface area (Å²) in [7, 11) is 0. The van der Waals surface area contributed by atoms with E-state index in [9.17, 15) is 9.59 Å². The van der Waals surface area contributed by atoms with E-state index in [1.807, 2.05) is 13.0 Å². The van der Waals surface area contributed by atoms with Crippen LogP contribution < -0.4 is 10.2 Å². The molecular weight excluding hydrogens is 254 g/mol. The van der Waals surface area contributed by atoms with Crippen molar-refractivity contribution in [3.63, 3.8) is 0 Å². The summed E-state index contributed by atoms with van der Waals surface area (Å²) in [6.07, 6.45) is 7.39. The average molecular weight is 273 g/mol. The lowest BCUT2D eigenvalue weighted by Gasteiger charge is -2.44. The Morgan fingerprint density at radius 1 is 1.40 bits per heavy atom. The Hall–Kier alpha value is -1.91. The number of aromatic nitrogens is 1. The molecule has 2 heterocycles. The second-order valence-corrected chi connectivity index (χ2v) is 5.59. The van der Waals surface area contributed by atoms with E-state index in [1.54, 1.807) is 23.4 Å². The first-order valence-electron chi connectivity index (χ1n) is 7.24. The molecule has 106 valence electrons. The molecule has 1 aliphatic carbocycles. The molecule has 2 fully saturated rings. The van der Waals surface area contributed by atoms with E-state index >= 15 is 0 Å².